The molecule has 0 radical (unpaired) electrons. The first-order valence-corrected chi connectivity index (χ1v) is 6.85. The Labute approximate surface area is 115 Å². The molecule has 0 unspecified atom stereocenters. The van der Waals surface area contributed by atoms with Gasteiger partial charge in [0.15, 0.2) is 11.0 Å². The van der Waals surface area contributed by atoms with Crippen LogP contribution in [-0.2, 0) is 16.6 Å². The second-order valence-corrected chi connectivity index (χ2v) is 6.04. The topological polar surface area (TPSA) is 80.9 Å². The molecule has 1 N–H and O–H groups in total. The summed E-state index contributed by atoms with van der Waals surface area (Å²) in [5, 5.41) is 9.03. The zero-order valence-electron chi connectivity index (χ0n) is 11.1. The molecule has 0 atom stereocenters. The van der Waals surface area contributed by atoms with E-state index in [4.69, 9.17) is 4.52 Å². The quantitative estimate of drug-likeness (QED) is 0.930. The van der Waals surface area contributed by atoms with E-state index in [0.29, 0.717) is 29.7 Å². The zero-order valence-corrected chi connectivity index (χ0v) is 12.0. The van der Waals surface area contributed by atoms with Crippen LogP contribution < -0.4 is 5.32 Å². The highest BCUT2D eigenvalue weighted by Crippen LogP contribution is 2.19. The molecule has 0 aromatic carbocycles. The number of rotatable bonds is 4. The number of amides is 1. The minimum atomic E-state index is -0.148. The fraction of sp³-hybridized carbons (Fsp3) is 0.500. The highest BCUT2D eigenvalue weighted by molar-refractivity contribution is 7.13. The maximum atomic E-state index is 11.7. The van der Waals surface area contributed by atoms with Crippen LogP contribution in [0.2, 0.25) is 0 Å². The van der Waals surface area contributed by atoms with Gasteiger partial charge in [0.1, 0.15) is 0 Å². The van der Waals surface area contributed by atoms with Gasteiger partial charge in [0.25, 0.3) is 0 Å². The molecule has 2 rings (SSSR count). The lowest BCUT2D eigenvalue weighted by molar-refractivity contribution is -0.116. The summed E-state index contributed by atoms with van der Waals surface area (Å²) in [6.45, 7) is 6.03. The third-order valence-electron chi connectivity index (χ3n) is 2.38. The van der Waals surface area contributed by atoms with Gasteiger partial charge in [-0.1, -0.05) is 25.9 Å². The molecule has 0 bridgehead atoms. The molecule has 0 aliphatic heterocycles. The van der Waals surface area contributed by atoms with Crippen molar-refractivity contribution in [2.45, 2.75) is 39.0 Å². The fourth-order valence-corrected chi connectivity index (χ4v) is 1.89. The van der Waals surface area contributed by atoms with E-state index in [9.17, 15) is 4.79 Å². The first-order valence-electron chi connectivity index (χ1n) is 5.97. The van der Waals surface area contributed by atoms with E-state index >= 15 is 0 Å². The number of aryl methyl sites for hydroxylation is 1. The molecule has 102 valence electrons. The van der Waals surface area contributed by atoms with Crippen molar-refractivity contribution in [3.63, 3.8) is 0 Å². The van der Waals surface area contributed by atoms with Crippen molar-refractivity contribution in [3.05, 3.63) is 23.3 Å². The molecule has 2 aromatic heterocycles. The minimum Gasteiger partial charge on any atom is -0.339 e. The Hall–Kier alpha value is -1.76. The summed E-state index contributed by atoms with van der Waals surface area (Å²) in [5.74, 6) is 1.03. The molecule has 0 aliphatic rings. The van der Waals surface area contributed by atoms with Gasteiger partial charge < -0.3 is 9.84 Å². The Bertz CT molecular complexity index is 542. The van der Waals surface area contributed by atoms with Crippen LogP contribution in [0, 0.1) is 0 Å². The summed E-state index contributed by atoms with van der Waals surface area (Å²) >= 11 is 1.39. The van der Waals surface area contributed by atoms with Crippen molar-refractivity contribution < 1.29 is 9.32 Å². The van der Waals surface area contributed by atoms with Crippen LogP contribution in [0.25, 0.3) is 0 Å². The second-order valence-electron chi connectivity index (χ2n) is 5.15. The lowest BCUT2D eigenvalue weighted by Gasteiger charge is -2.10. The van der Waals surface area contributed by atoms with Crippen LogP contribution in [0.4, 0.5) is 5.13 Å². The summed E-state index contributed by atoms with van der Waals surface area (Å²) in [4.78, 5) is 19.9. The molecule has 7 heteroatoms. The summed E-state index contributed by atoms with van der Waals surface area (Å²) in [5.41, 5.74) is -0.148. The van der Waals surface area contributed by atoms with Crippen molar-refractivity contribution in [2.75, 3.05) is 5.32 Å². The summed E-state index contributed by atoms with van der Waals surface area (Å²) in [6.07, 6.45) is 2.37. The number of hydrogen-bond acceptors (Lipinski definition) is 6. The van der Waals surface area contributed by atoms with Crippen molar-refractivity contribution in [1.29, 1.82) is 0 Å². The van der Waals surface area contributed by atoms with E-state index in [1.807, 2.05) is 26.2 Å². The highest BCUT2D eigenvalue weighted by Gasteiger charge is 2.21. The van der Waals surface area contributed by atoms with E-state index in [2.05, 4.69) is 20.4 Å². The van der Waals surface area contributed by atoms with Gasteiger partial charge in [-0.2, -0.15) is 4.98 Å². The molecule has 0 fully saturated rings. The molecule has 19 heavy (non-hydrogen) atoms. The maximum Gasteiger partial charge on any atom is 0.227 e. The summed E-state index contributed by atoms with van der Waals surface area (Å²) < 4.78 is 5.12. The average Bonchev–Trinajstić information content (AvgIpc) is 2.95. The van der Waals surface area contributed by atoms with E-state index in [0.717, 1.165) is 0 Å². The number of hydrogen-bond donors (Lipinski definition) is 1. The zero-order chi connectivity index (χ0) is 13.9. The largest absolute Gasteiger partial charge is 0.339 e. The molecule has 1 amide bonds. The Kier molecular flexibility index (Phi) is 3.94. The van der Waals surface area contributed by atoms with Gasteiger partial charge in [-0.3, -0.25) is 4.79 Å². The van der Waals surface area contributed by atoms with Crippen molar-refractivity contribution in [1.82, 2.24) is 15.1 Å². The Morgan fingerprint density at radius 1 is 1.47 bits per heavy atom. The molecule has 2 aromatic rings. The predicted molar refractivity (Wildman–Crippen MR) is 72.1 cm³/mol. The van der Waals surface area contributed by atoms with Gasteiger partial charge >= 0.3 is 0 Å². The number of nitrogens with zero attached hydrogens (tertiary/aromatic N) is 3. The molecule has 2 heterocycles. The molecular formula is C12H16N4O2S. The van der Waals surface area contributed by atoms with Gasteiger partial charge in [-0.05, 0) is 0 Å². The Morgan fingerprint density at radius 3 is 2.84 bits per heavy atom. The van der Waals surface area contributed by atoms with E-state index < -0.39 is 0 Å². The first kappa shape index (κ1) is 13.7. The fourth-order valence-electron chi connectivity index (χ4n) is 1.35. The standard InChI is InChI=1S/C12H16N4O2S/c1-12(2,3)10-15-9(18-16-10)5-4-8(17)14-11-13-6-7-19-11/h6-7H,4-5H2,1-3H3,(H,13,14,17). The average molecular weight is 280 g/mol. The van der Waals surface area contributed by atoms with Gasteiger partial charge in [0.2, 0.25) is 11.8 Å². The molecule has 6 nitrogen and oxygen atoms in total. The van der Waals surface area contributed by atoms with Gasteiger partial charge in [-0.25, -0.2) is 4.98 Å². The van der Waals surface area contributed by atoms with Crippen LogP contribution in [0.1, 0.15) is 38.9 Å². The van der Waals surface area contributed by atoms with E-state index in [-0.39, 0.29) is 11.3 Å². The summed E-state index contributed by atoms with van der Waals surface area (Å²) in [7, 11) is 0. The van der Waals surface area contributed by atoms with Gasteiger partial charge in [0.05, 0.1) is 0 Å². The first-order chi connectivity index (χ1) is 8.95. The van der Waals surface area contributed by atoms with Crippen LogP contribution in [-0.4, -0.2) is 21.0 Å². The van der Waals surface area contributed by atoms with E-state index in [1.165, 1.54) is 11.3 Å². The van der Waals surface area contributed by atoms with Crippen LogP contribution in [0.3, 0.4) is 0 Å². The maximum absolute atomic E-state index is 11.7. The van der Waals surface area contributed by atoms with Crippen LogP contribution in [0.15, 0.2) is 16.1 Å². The van der Waals surface area contributed by atoms with Crippen molar-refractivity contribution in [2.24, 2.45) is 0 Å². The minimum absolute atomic E-state index is 0.106. The van der Waals surface area contributed by atoms with Crippen LogP contribution in [0.5, 0.6) is 0 Å². The molecular weight excluding hydrogens is 264 g/mol. The normalized spacial score (nSPS) is 11.5. The molecule has 0 saturated heterocycles. The number of anilines is 1. The number of carbonyl (C=O) groups excluding carboxylic acids is 1. The number of aromatic nitrogens is 3. The number of carbonyl (C=O) groups is 1. The third kappa shape index (κ3) is 3.85. The van der Waals surface area contributed by atoms with Crippen molar-refractivity contribution in [3.8, 4) is 0 Å². The smallest absolute Gasteiger partial charge is 0.227 e. The molecule has 0 saturated carbocycles. The summed E-state index contributed by atoms with van der Waals surface area (Å²) in [6, 6.07) is 0. The van der Waals surface area contributed by atoms with Gasteiger partial charge in [0, 0.05) is 29.8 Å². The highest BCUT2D eigenvalue weighted by atomic mass is 32.1. The lowest BCUT2D eigenvalue weighted by Crippen LogP contribution is -2.14. The SMILES string of the molecule is CC(C)(C)c1noc(CCC(=O)Nc2nccs2)n1. The Morgan fingerprint density at radius 2 is 2.26 bits per heavy atom. The predicted octanol–water partition coefficient (Wildman–Crippen LogP) is 2.39. The van der Waals surface area contributed by atoms with Crippen molar-refractivity contribution >= 4 is 22.4 Å². The van der Waals surface area contributed by atoms with E-state index in [1.54, 1.807) is 6.20 Å². The number of thiazole rings is 1. The number of nitrogens with one attached hydrogen (secondary N) is 1. The second kappa shape index (κ2) is 5.48. The third-order valence-corrected chi connectivity index (χ3v) is 3.07. The van der Waals surface area contributed by atoms with Gasteiger partial charge in [-0.15, -0.1) is 11.3 Å². The Balaban J connectivity index is 1.85. The molecule has 0 aliphatic carbocycles. The lowest BCUT2D eigenvalue weighted by atomic mass is 9.96. The van der Waals surface area contributed by atoms with Crippen LogP contribution >= 0.6 is 11.3 Å². The molecule has 0 spiro atoms. The monoisotopic (exact) mass is 280 g/mol.